The summed E-state index contributed by atoms with van der Waals surface area (Å²) in [4.78, 5) is 17.3. The number of piperazine rings is 1. The molecule has 1 saturated heterocycles. The minimum absolute atomic E-state index is 0.00918. The summed E-state index contributed by atoms with van der Waals surface area (Å²) in [5.41, 5.74) is 3.03. The Bertz CT molecular complexity index is 735. The van der Waals surface area contributed by atoms with Crippen molar-refractivity contribution < 1.29 is 9.53 Å². The highest BCUT2D eigenvalue weighted by Crippen LogP contribution is 2.20. The monoisotopic (exact) mass is 381 g/mol. The maximum Gasteiger partial charge on any atom is 0.228 e. The molecule has 3 rings (SSSR count). The van der Waals surface area contributed by atoms with Gasteiger partial charge in [-0.15, -0.1) is 0 Å². The number of carbonyl (C=O) groups is 1. The predicted octanol–water partition coefficient (Wildman–Crippen LogP) is 3.80. The van der Waals surface area contributed by atoms with Crippen LogP contribution in [0.4, 0.5) is 11.4 Å². The lowest BCUT2D eigenvalue weighted by atomic mass is 10.1. The molecule has 5 heteroatoms. The molecule has 2 aromatic carbocycles. The highest BCUT2D eigenvalue weighted by atomic mass is 16.5. The van der Waals surface area contributed by atoms with Crippen LogP contribution < -0.4 is 15.0 Å². The average Bonchev–Trinajstić information content (AvgIpc) is 2.71. The van der Waals surface area contributed by atoms with Crippen LogP contribution in [0.15, 0.2) is 48.5 Å². The molecule has 0 saturated carbocycles. The molecule has 5 nitrogen and oxygen atoms in total. The van der Waals surface area contributed by atoms with E-state index in [0.717, 1.165) is 43.2 Å². The topological polar surface area (TPSA) is 44.8 Å². The number of nitrogens with one attached hydrogen (secondary N) is 1. The summed E-state index contributed by atoms with van der Waals surface area (Å²) in [6, 6.07) is 15.9. The molecular weight excluding hydrogens is 350 g/mol. The van der Waals surface area contributed by atoms with Gasteiger partial charge in [0.05, 0.1) is 13.0 Å². The number of hydrogen-bond donors (Lipinski definition) is 1. The Morgan fingerprint density at radius 3 is 2.25 bits per heavy atom. The maximum atomic E-state index is 12.3. The smallest absolute Gasteiger partial charge is 0.228 e. The van der Waals surface area contributed by atoms with Crippen LogP contribution in [0.25, 0.3) is 0 Å². The van der Waals surface area contributed by atoms with Crippen molar-refractivity contribution >= 4 is 17.3 Å². The first-order chi connectivity index (χ1) is 13.7. The summed E-state index contributed by atoms with van der Waals surface area (Å²) in [5, 5.41) is 2.99. The Balaban J connectivity index is 1.49. The highest BCUT2D eigenvalue weighted by Gasteiger charge is 2.16. The molecule has 0 unspecified atom stereocenters. The van der Waals surface area contributed by atoms with Crippen molar-refractivity contribution in [3.05, 3.63) is 54.1 Å². The number of nitrogens with zero attached hydrogens (tertiary/aromatic N) is 2. The number of carbonyl (C=O) groups excluding carboxylic acids is 1. The molecule has 0 radical (unpaired) electrons. The number of hydrogen-bond acceptors (Lipinski definition) is 4. The van der Waals surface area contributed by atoms with Gasteiger partial charge in [0.15, 0.2) is 0 Å². The van der Waals surface area contributed by atoms with Crippen molar-refractivity contribution in [1.82, 2.24) is 4.90 Å². The van der Waals surface area contributed by atoms with Gasteiger partial charge in [-0.3, -0.25) is 9.69 Å². The zero-order valence-corrected chi connectivity index (χ0v) is 17.0. The second kappa shape index (κ2) is 10.1. The molecular formula is C23H31N3O2. The zero-order valence-electron chi connectivity index (χ0n) is 17.0. The molecule has 0 aliphatic carbocycles. The van der Waals surface area contributed by atoms with Crippen LogP contribution in [0.3, 0.4) is 0 Å². The summed E-state index contributed by atoms with van der Waals surface area (Å²) < 4.78 is 5.43. The first kappa shape index (κ1) is 20.2. The van der Waals surface area contributed by atoms with Crippen LogP contribution in [0.5, 0.6) is 5.75 Å². The van der Waals surface area contributed by atoms with E-state index in [1.165, 1.54) is 18.7 Å². The summed E-state index contributed by atoms with van der Waals surface area (Å²) in [5.74, 6) is 0.822. The van der Waals surface area contributed by atoms with E-state index < -0.39 is 0 Å². The lowest BCUT2D eigenvalue weighted by Crippen LogP contribution is -2.46. The van der Waals surface area contributed by atoms with Gasteiger partial charge in [0, 0.05) is 37.6 Å². The number of ether oxygens (including phenoxy) is 1. The van der Waals surface area contributed by atoms with Gasteiger partial charge in [0.2, 0.25) is 5.91 Å². The fraction of sp³-hybridized carbons (Fsp3) is 0.435. The summed E-state index contributed by atoms with van der Waals surface area (Å²) in [7, 11) is 0. The van der Waals surface area contributed by atoms with Crippen LogP contribution in [0.1, 0.15) is 25.8 Å². The lowest BCUT2D eigenvalue weighted by molar-refractivity contribution is -0.115. The van der Waals surface area contributed by atoms with E-state index in [1.54, 1.807) is 0 Å². The second-order valence-corrected chi connectivity index (χ2v) is 7.18. The van der Waals surface area contributed by atoms with E-state index in [1.807, 2.05) is 43.3 Å². The molecule has 0 aromatic heterocycles. The number of amides is 1. The van der Waals surface area contributed by atoms with E-state index in [2.05, 4.69) is 34.2 Å². The molecule has 28 heavy (non-hydrogen) atoms. The van der Waals surface area contributed by atoms with Crippen LogP contribution in [-0.4, -0.2) is 50.1 Å². The third-order valence-corrected chi connectivity index (χ3v) is 5.03. The SMILES string of the molecule is CCCN1CCN(c2ccc(NC(=O)Cc3ccc(OCC)cc3)cc2)CC1. The van der Waals surface area contributed by atoms with Crippen LogP contribution in [0, 0.1) is 0 Å². The van der Waals surface area contributed by atoms with Crippen molar-refractivity contribution in [2.75, 3.05) is 49.5 Å². The first-order valence-electron chi connectivity index (χ1n) is 10.3. The Hall–Kier alpha value is -2.53. The Kier molecular flexibility index (Phi) is 7.31. The van der Waals surface area contributed by atoms with Crippen molar-refractivity contribution in [3.8, 4) is 5.75 Å². The van der Waals surface area contributed by atoms with Gasteiger partial charge >= 0.3 is 0 Å². The molecule has 1 fully saturated rings. The van der Waals surface area contributed by atoms with Gasteiger partial charge in [-0.05, 0) is 61.9 Å². The molecule has 1 N–H and O–H groups in total. The molecule has 0 spiro atoms. The maximum absolute atomic E-state index is 12.3. The summed E-state index contributed by atoms with van der Waals surface area (Å²) >= 11 is 0. The average molecular weight is 382 g/mol. The highest BCUT2D eigenvalue weighted by molar-refractivity contribution is 5.92. The van der Waals surface area contributed by atoms with Crippen LogP contribution in [0.2, 0.25) is 0 Å². The van der Waals surface area contributed by atoms with Gasteiger partial charge in [0.25, 0.3) is 0 Å². The zero-order chi connectivity index (χ0) is 19.8. The largest absolute Gasteiger partial charge is 0.494 e. The molecule has 0 bridgehead atoms. The number of benzene rings is 2. The predicted molar refractivity (Wildman–Crippen MR) is 115 cm³/mol. The van der Waals surface area contributed by atoms with Crippen molar-refractivity contribution in [3.63, 3.8) is 0 Å². The van der Waals surface area contributed by atoms with Crippen molar-refractivity contribution in [2.24, 2.45) is 0 Å². The van der Waals surface area contributed by atoms with Crippen molar-refractivity contribution in [2.45, 2.75) is 26.7 Å². The Morgan fingerprint density at radius 2 is 1.64 bits per heavy atom. The first-order valence-corrected chi connectivity index (χ1v) is 10.3. The van der Waals surface area contributed by atoms with E-state index >= 15 is 0 Å². The Labute approximate surface area is 168 Å². The number of rotatable bonds is 8. The summed E-state index contributed by atoms with van der Waals surface area (Å²) in [6.07, 6.45) is 1.57. The van der Waals surface area contributed by atoms with E-state index in [-0.39, 0.29) is 5.91 Å². The molecule has 2 aromatic rings. The lowest BCUT2D eigenvalue weighted by Gasteiger charge is -2.36. The number of anilines is 2. The molecule has 0 atom stereocenters. The molecule has 1 heterocycles. The van der Waals surface area contributed by atoms with Crippen LogP contribution >= 0.6 is 0 Å². The minimum Gasteiger partial charge on any atom is -0.494 e. The normalized spacial score (nSPS) is 14.7. The minimum atomic E-state index is -0.00918. The van der Waals surface area contributed by atoms with E-state index in [9.17, 15) is 4.79 Å². The molecule has 150 valence electrons. The van der Waals surface area contributed by atoms with Crippen LogP contribution in [-0.2, 0) is 11.2 Å². The fourth-order valence-electron chi connectivity index (χ4n) is 3.56. The Morgan fingerprint density at radius 1 is 0.964 bits per heavy atom. The standard InChI is InChI=1S/C23H31N3O2/c1-3-13-25-14-16-26(17-15-25)21-9-7-20(8-10-21)24-23(27)18-19-5-11-22(12-6-19)28-4-2/h5-12H,3-4,13-18H2,1-2H3,(H,24,27). The second-order valence-electron chi connectivity index (χ2n) is 7.18. The third kappa shape index (κ3) is 5.73. The van der Waals surface area contributed by atoms with Crippen molar-refractivity contribution in [1.29, 1.82) is 0 Å². The van der Waals surface area contributed by atoms with Gasteiger partial charge in [-0.1, -0.05) is 19.1 Å². The summed E-state index contributed by atoms with van der Waals surface area (Å²) in [6.45, 7) is 10.4. The van der Waals surface area contributed by atoms with Gasteiger partial charge < -0.3 is 15.0 Å². The van der Waals surface area contributed by atoms with Gasteiger partial charge in [0.1, 0.15) is 5.75 Å². The third-order valence-electron chi connectivity index (χ3n) is 5.03. The molecule has 1 aliphatic rings. The molecule has 1 aliphatic heterocycles. The van der Waals surface area contributed by atoms with E-state index in [0.29, 0.717) is 13.0 Å². The quantitative estimate of drug-likeness (QED) is 0.755. The fourth-order valence-corrected chi connectivity index (χ4v) is 3.56. The van der Waals surface area contributed by atoms with E-state index in [4.69, 9.17) is 4.74 Å². The van der Waals surface area contributed by atoms with Gasteiger partial charge in [-0.2, -0.15) is 0 Å². The van der Waals surface area contributed by atoms with Gasteiger partial charge in [-0.25, -0.2) is 0 Å². The molecule has 1 amide bonds.